The number of aromatic nitrogens is 2. The van der Waals surface area contributed by atoms with Crippen LogP contribution in [0.3, 0.4) is 0 Å². The lowest BCUT2D eigenvalue weighted by Gasteiger charge is -2.10. The van der Waals surface area contributed by atoms with Crippen LogP contribution in [0.4, 0.5) is 0 Å². The quantitative estimate of drug-likeness (QED) is 0.729. The molecule has 1 atom stereocenters. The van der Waals surface area contributed by atoms with Crippen LogP contribution in [0.1, 0.15) is 5.76 Å². The Bertz CT molecular complexity index is 646. The van der Waals surface area contributed by atoms with Crippen molar-refractivity contribution in [3.05, 3.63) is 53.2 Å². The highest BCUT2D eigenvalue weighted by Crippen LogP contribution is 2.19. The van der Waals surface area contributed by atoms with E-state index in [2.05, 4.69) is 10.5 Å². The third-order valence-electron chi connectivity index (χ3n) is 2.99. The van der Waals surface area contributed by atoms with E-state index in [0.717, 1.165) is 17.0 Å². The predicted molar refractivity (Wildman–Crippen MR) is 79.9 cm³/mol. The van der Waals surface area contributed by atoms with Crippen LogP contribution < -0.4 is 0 Å². The first-order chi connectivity index (χ1) is 10.3. The van der Waals surface area contributed by atoms with Gasteiger partial charge in [-0.15, -0.1) is 0 Å². The molecule has 0 radical (unpaired) electrons. The number of aliphatic hydroxyl groups is 1. The summed E-state index contributed by atoms with van der Waals surface area (Å²) < 4.78 is 12.3. The molecule has 5 nitrogen and oxygen atoms in total. The monoisotopic (exact) mass is 304 g/mol. The summed E-state index contributed by atoms with van der Waals surface area (Å²) in [6.07, 6.45) is 2.86. The highest BCUT2D eigenvalue weighted by Gasteiger charge is 2.09. The van der Waals surface area contributed by atoms with Crippen molar-refractivity contribution in [3.63, 3.8) is 0 Å². The summed E-state index contributed by atoms with van der Waals surface area (Å²) in [5.41, 5.74) is 2.02. The molecule has 110 valence electrons. The van der Waals surface area contributed by atoms with Gasteiger partial charge in [-0.2, -0.15) is 16.4 Å². The largest absolute Gasteiger partial charge is 0.467 e. The van der Waals surface area contributed by atoms with Crippen LogP contribution in [-0.4, -0.2) is 27.6 Å². The molecular weight excluding hydrogens is 288 g/mol. The predicted octanol–water partition coefficient (Wildman–Crippen LogP) is 2.78. The van der Waals surface area contributed by atoms with Gasteiger partial charge in [0.2, 0.25) is 0 Å². The SMILES string of the molecule is OC(COCc1ccco1)Cn1ccc(-c2ccsc2)n1. The fraction of sp³-hybridized carbons (Fsp3) is 0.267. The van der Waals surface area contributed by atoms with E-state index in [9.17, 15) is 5.11 Å². The summed E-state index contributed by atoms with van der Waals surface area (Å²) in [5, 5.41) is 18.5. The molecule has 0 fully saturated rings. The van der Waals surface area contributed by atoms with Gasteiger partial charge >= 0.3 is 0 Å². The first kappa shape index (κ1) is 14.1. The third kappa shape index (κ3) is 3.81. The maximum Gasteiger partial charge on any atom is 0.129 e. The Labute approximate surface area is 126 Å². The van der Waals surface area contributed by atoms with Gasteiger partial charge in [0.1, 0.15) is 12.4 Å². The molecular formula is C15H16N2O3S. The van der Waals surface area contributed by atoms with Crippen LogP contribution >= 0.6 is 11.3 Å². The van der Waals surface area contributed by atoms with Gasteiger partial charge in [-0.25, -0.2) is 0 Å². The average molecular weight is 304 g/mol. The summed E-state index contributed by atoms with van der Waals surface area (Å²) in [6, 6.07) is 7.62. The Kier molecular flexibility index (Phi) is 4.49. The number of hydrogen-bond acceptors (Lipinski definition) is 5. The molecule has 0 aromatic carbocycles. The fourth-order valence-electron chi connectivity index (χ4n) is 1.99. The van der Waals surface area contributed by atoms with E-state index in [1.54, 1.807) is 22.3 Å². The van der Waals surface area contributed by atoms with Crippen molar-refractivity contribution >= 4 is 11.3 Å². The molecule has 0 saturated heterocycles. The first-order valence-electron chi connectivity index (χ1n) is 6.65. The van der Waals surface area contributed by atoms with E-state index in [0.29, 0.717) is 13.2 Å². The molecule has 0 bridgehead atoms. The first-order valence-corrected chi connectivity index (χ1v) is 7.60. The number of nitrogens with zero attached hydrogens (tertiary/aromatic N) is 2. The van der Waals surface area contributed by atoms with Crippen molar-refractivity contribution < 1.29 is 14.3 Å². The number of aliphatic hydroxyl groups excluding tert-OH is 1. The second-order valence-corrected chi connectivity index (χ2v) is 5.46. The summed E-state index contributed by atoms with van der Waals surface area (Å²) in [4.78, 5) is 0. The maximum absolute atomic E-state index is 9.96. The van der Waals surface area contributed by atoms with Crippen LogP contribution in [0, 0.1) is 0 Å². The zero-order chi connectivity index (χ0) is 14.5. The van der Waals surface area contributed by atoms with Crippen LogP contribution in [0.15, 0.2) is 51.9 Å². The molecule has 0 amide bonds. The van der Waals surface area contributed by atoms with E-state index in [1.165, 1.54) is 0 Å². The molecule has 0 aliphatic carbocycles. The van der Waals surface area contributed by atoms with E-state index in [1.807, 2.05) is 35.8 Å². The lowest BCUT2D eigenvalue weighted by Crippen LogP contribution is -2.22. The fourth-order valence-corrected chi connectivity index (χ4v) is 2.64. The minimum absolute atomic E-state index is 0.244. The van der Waals surface area contributed by atoms with Crippen LogP contribution in [0.25, 0.3) is 11.3 Å². The van der Waals surface area contributed by atoms with Crippen molar-refractivity contribution in [2.75, 3.05) is 6.61 Å². The topological polar surface area (TPSA) is 60.4 Å². The molecule has 3 rings (SSSR count). The number of ether oxygens (including phenoxy) is 1. The lowest BCUT2D eigenvalue weighted by molar-refractivity contribution is 0.0132. The summed E-state index contributed by atoms with van der Waals surface area (Å²) >= 11 is 1.64. The van der Waals surface area contributed by atoms with Crippen LogP contribution in [-0.2, 0) is 17.9 Å². The summed E-state index contributed by atoms with van der Waals surface area (Å²) in [7, 11) is 0. The van der Waals surface area contributed by atoms with Crippen LogP contribution in [0.2, 0.25) is 0 Å². The minimum Gasteiger partial charge on any atom is -0.467 e. The Morgan fingerprint density at radius 2 is 2.33 bits per heavy atom. The molecule has 1 N–H and O–H groups in total. The number of furan rings is 1. The van der Waals surface area contributed by atoms with Gasteiger partial charge < -0.3 is 14.3 Å². The standard InChI is InChI=1S/C15H16N2O3S/c18-13(9-19-10-14-2-1-6-20-14)8-17-5-3-15(16-17)12-4-7-21-11-12/h1-7,11,13,18H,8-10H2. The van der Waals surface area contributed by atoms with Gasteiger partial charge in [-0.1, -0.05) is 0 Å². The molecule has 3 aromatic rings. The molecule has 0 aliphatic rings. The van der Waals surface area contributed by atoms with E-state index in [-0.39, 0.29) is 6.61 Å². The molecule has 1 unspecified atom stereocenters. The van der Waals surface area contributed by atoms with Crippen molar-refractivity contribution in [3.8, 4) is 11.3 Å². The number of rotatable bonds is 7. The zero-order valence-electron chi connectivity index (χ0n) is 11.4. The van der Waals surface area contributed by atoms with Gasteiger partial charge in [-0.3, -0.25) is 4.68 Å². The van der Waals surface area contributed by atoms with Crippen LogP contribution in [0.5, 0.6) is 0 Å². The Hall–Kier alpha value is -1.89. The molecule has 0 spiro atoms. The highest BCUT2D eigenvalue weighted by atomic mass is 32.1. The van der Waals surface area contributed by atoms with Gasteiger partial charge in [0.05, 0.1) is 31.2 Å². The average Bonchev–Trinajstić information content (AvgIpc) is 3.21. The van der Waals surface area contributed by atoms with Gasteiger partial charge in [0, 0.05) is 17.1 Å². The van der Waals surface area contributed by atoms with E-state index in [4.69, 9.17) is 9.15 Å². The van der Waals surface area contributed by atoms with E-state index >= 15 is 0 Å². The molecule has 21 heavy (non-hydrogen) atoms. The summed E-state index contributed by atoms with van der Waals surface area (Å²) in [5.74, 6) is 0.751. The highest BCUT2D eigenvalue weighted by molar-refractivity contribution is 7.08. The van der Waals surface area contributed by atoms with Gasteiger partial charge in [-0.05, 0) is 29.6 Å². The van der Waals surface area contributed by atoms with E-state index < -0.39 is 6.10 Å². The zero-order valence-corrected chi connectivity index (χ0v) is 12.2. The van der Waals surface area contributed by atoms with Gasteiger partial charge in [0.15, 0.2) is 0 Å². The second-order valence-electron chi connectivity index (χ2n) is 4.68. The minimum atomic E-state index is -0.602. The Balaban J connectivity index is 1.47. The Morgan fingerprint density at radius 3 is 3.10 bits per heavy atom. The third-order valence-corrected chi connectivity index (χ3v) is 3.67. The molecule has 3 heterocycles. The summed E-state index contributed by atoms with van der Waals surface area (Å²) in [6.45, 7) is 1.01. The van der Waals surface area contributed by atoms with Crippen molar-refractivity contribution in [2.24, 2.45) is 0 Å². The number of hydrogen-bond donors (Lipinski definition) is 1. The smallest absolute Gasteiger partial charge is 0.129 e. The molecule has 3 aromatic heterocycles. The number of thiophene rings is 1. The van der Waals surface area contributed by atoms with Crippen molar-refractivity contribution in [1.82, 2.24) is 9.78 Å². The Morgan fingerprint density at radius 1 is 1.38 bits per heavy atom. The molecule has 6 heteroatoms. The lowest BCUT2D eigenvalue weighted by atomic mass is 10.2. The normalized spacial score (nSPS) is 12.6. The van der Waals surface area contributed by atoms with Crippen molar-refractivity contribution in [2.45, 2.75) is 19.3 Å². The molecule has 0 saturated carbocycles. The maximum atomic E-state index is 9.96. The molecule has 0 aliphatic heterocycles. The second kappa shape index (κ2) is 6.71. The van der Waals surface area contributed by atoms with Crippen molar-refractivity contribution in [1.29, 1.82) is 0 Å². The van der Waals surface area contributed by atoms with Gasteiger partial charge in [0.25, 0.3) is 0 Å².